The normalized spacial score (nSPS) is 18.8. The maximum absolute atomic E-state index is 12.4. The van der Waals surface area contributed by atoms with E-state index in [1.807, 2.05) is 18.6 Å². The third kappa shape index (κ3) is 19.5. The monoisotopic (exact) mass is 981 g/mol. The van der Waals surface area contributed by atoms with Gasteiger partial charge in [-0.25, -0.2) is 28.2 Å². The standard InChI is InChI=1S/C39H70N10O13S2.C2H6/c1-9-39(8,10-2)49-31-14-12-28-27(11-13-30(31)44-47-49)29(28)23-62-38(55)46-64(56,57)41-15-18-58-21-22-61-37(54)45-63-48(16-19-59-35(52)42-32(24(3)4)26(7)50)17-20-60-36(53)43-33(25(5)6)34(40)51;1-2/h24-25,27-29,32-33,41,44,47H,9-23H2,1-8H3,(H2,40,51)(H,42,52)(H,43,53)(H,45,54)(H,46,55);1-2H3/t27?,28?,29-,32?,33?;/m1./s1. The van der Waals surface area contributed by atoms with Crippen LogP contribution in [-0.4, -0.2) is 131 Å². The van der Waals surface area contributed by atoms with Gasteiger partial charge in [-0.05, 0) is 82.0 Å². The van der Waals surface area contributed by atoms with Gasteiger partial charge in [0.1, 0.15) is 25.9 Å². The van der Waals surface area contributed by atoms with Gasteiger partial charge < -0.3 is 45.5 Å². The molecule has 3 rings (SSSR count). The first-order valence-electron chi connectivity index (χ1n) is 22.8. The Balaban J connectivity index is 0.00000737. The highest BCUT2D eigenvalue weighted by atomic mass is 32.2. The zero-order valence-electron chi connectivity index (χ0n) is 40.2. The van der Waals surface area contributed by atoms with Crippen LogP contribution in [-0.2, 0) is 43.5 Å². The molecule has 0 aromatic rings. The van der Waals surface area contributed by atoms with E-state index in [9.17, 15) is 37.2 Å². The van der Waals surface area contributed by atoms with Gasteiger partial charge in [0.25, 0.3) is 0 Å². The van der Waals surface area contributed by atoms with Gasteiger partial charge in [0.15, 0.2) is 5.78 Å². The average Bonchev–Trinajstić information content (AvgIpc) is 3.75. The van der Waals surface area contributed by atoms with Crippen molar-refractivity contribution in [2.45, 2.75) is 125 Å². The zero-order chi connectivity index (χ0) is 49.6. The van der Waals surface area contributed by atoms with Crippen LogP contribution in [0.2, 0.25) is 0 Å². The number of hydrazine groups is 2. The molecule has 0 bridgehead atoms. The molecule has 4 unspecified atom stereocenters. The molecule has 0 saturated heterocycles. The number of hydrogen-bond donors (Lipinski definition) is 8. The number of Topliss-reactive ketones (excluding diaryl/α,β-unsaturated/α-hetero) is 1. The Morgan fingerprint density at radius 2 is 1.38 bits per heavy atom. The van der Waals surface area contributed by atoms with Gasteiger partial charge in [0.05, 0.1) is 37.1 Å². The van der Waals surface area contributed by atoms with Crippen molar-refractivity contribution in [3.8, 4) is 0 Å². The van der Waals surface area contributed by atoms with E-state index in [0.29, 0.717) is 11.8 Å². The van der Waals surface area contributed by atoms with E-state index >= 15 is 0 Å². The number of amides is 5. The molecule has 0 aromatic heterocycles. The Hall–Kier alpha value is -4.30. The Morgan fingerprint density at radius 1 is 0.818 bits per heavy atom. The summed E-state index contributed by atoms with van der Waals surface area (Å²) in [6.07, 6.45) is 2.05. The van der Waals surface area contributed by atoms with E-state index in [1.165, 1.54) is 22.6 Å². The van der Waals surface area contributed by atoms with Crippen molar-refractivity contribution < 1.29 is 60.9 Å². The SMILES string of the molecule is CC.CCC(C)(CC)N1NNC2=C1CCC1C(CC2)[C@H]1COC(=O)NS(=O)(=O)NCCOCCOC(=O)NSN(CCOC(=O)NC(C(C)=O)C(C)C)CCOC(=O)NC(C(N)=O)C(C)C. The second-order valence-corrected chi connectivity index (χ2v) is 19.2. The molecule has 3 aliphatic rings. The molecule has 0 radical (unpaired) electrons. The van der Waals surface area contributed by atoms with Crippen molar-refractivity contribution in [3.05, 3.63) is 11.4 Å². The molecule has 23 nitrogen and oxygen atoms in total. The summed E-state index contributed by atoms with van der Waals surface area (Å²) in [5, 5.41) is 7.17. The molecule has 9 N–H and O–H groups in total. The van der Waals surface area contributed by atoms with E-state index in [2.05, 4.69) is 56.8 Å². The number of alkyl carbamates (subject to hydrolysis) is 2. The number of nitrogens with zero attached hydrogens (tertiary/aromatic N) is 2. The van der Waals surface area contributed by atoms with Gasteiger partial charge in [-0.1, -0.05) is 55.4 Å². The Labute approximate surface area is 394 Å². The minimum Gasteiger partial charge on any atom is -0.449 e. The molecule has 0 spiro atoms. The van der Waals surface area contributed by atoms with Gasteiger partial charge in [0.2, 0.25) is 5.91 Å². The lowest BCUT2D eigenvalue weighted by molar-refractivity contribution is -0.121. The molecule has 380 valence electrons. The van der Waals surface area contributed by atoms with Crippen molar-refractivity contribution >= 4 is 58.4 Å². The summed E-state index contributed by atoms with van der Waals surface area (Å²) < 4.78 is 59.0. The third-order valence-corrected chi connectivity index (χ3v) is 13.5. The molecular weight excluding hydrogens is 905 g/mol. The fraction of sp³-hybridized carbons (Fsp3) is 0.805. The van der Waals surface area contributed by atoms with E-state index in [-0.39, 0.29) is 88.4 Å². The predicted octanol–water partition coefficient (Wildman–Crippen LogP) is 3.31. The second kappa shape index (κ2) is 28.8. The summed E-state index contributed by atoms with van der Waals surface area (Å²) in [5.41, 5.74) is 14.6. The van der Waals surface area contributed by atoms with E-state index in [1.54, 1.807) is 27.7 Å². The molecule has 2 aliphatic carbocycles. The summed E-state index contributed by atoms with van der Waals surface area (Å²) in [6.45, 7) is 18.2. The van der Waals surface area contributed by atoms with Crippen molar-refractivity contribution in [1.82, 2.24) is 45.1 Å². The highest BCUT2D eigenvalue weighted by Gasteiger charge is 2.51. The summed E-state index contributed by atoms with van der Waals surface area (Å²) in [6, 6.07) is -1.68. The first-order valence-corrected chi connectivity index (χ1v) is 25.0. The van der Waals surface area contributed by atoms with Crippen LogP contribution in [0.5, 0.6) is 0 Å². The highest BCUT2D eigenvalue weighted by Crippen LogP contribution is 2.54. The van der Waals surface area contributed by atoms with Crippen molar-refractivity contribution in [2.24, 2.45) is 35.3 Å². The number of hydrogen-bond acceptors (Lipinski definition) is 18. The summed E-state index contributed by atoms with van der Waals surface area (Å²) in [5.74, 6) is -0.424. The fourth-order valence-electron chi connectivity index (χ4n) is 7.48. The molecule has 1 fully saturated rings. The number of carbonyl (C=O) groups excluding carboxylic acids is 6. The Bertz CT molecular complexity index is 1690. The van der Waals surface area contributed by atoms with Crippen molar-refractivity contribution in [3.63, 3.8) is 0 Å². The number of allylic oxidation sites excluding steroid dienone is 2. The molecular formula is C41H76N10O13S2. The van der Waals surface area contributed by atoms with Crippen LogP contribution in [0.15, 0.2) is 11.4 Å². The second-order valence-electron chi connectivity index (χ2n) is 16.8. The topological polar surface area (TPSA) is 299 Å². The minimum atomic E-state index is -4.23. The van der Waals surface area contributed by atoms with Crippen LogP contribution in [0.1, 0.15) is 108 Å². The lowest BCUT2D eigenvalue weighted by Gasteiger charge is -2.40. The zero-order valence-corrected chi connectivity index (χ0v) is 41.9. The number of nitrogens with one attached hydrogen (secondary N) is 7. The minimum absolute atomic E-state index is 0.00708. The van der Waals surface area contributed by atoms with Gasteiger partial charge in [-0.3, -0.25) is 19.3 Å². The average molecular weight is 981 g/mol. The number of carbonyl (C=O) groups is 6. The van der Waals surface area contributed by atoms with E-state index < -0.39 is 52.6 Å². The molecule has 0 aromatic carbocycles. The molecule has 1 heterocycles. The first-order chi connectivity index (χ1) is 31.2. The number of rotatable bonds is 27. The van der Waals surface area contributed by atoms with Crippen LogP contribution in [0.3, 0.4) is 0 Å². The summed E-state index contributed by atoms with van der Waals surface area (Å²) in [7, 11) is -4.23. The smallest absolute Gasteiger partial charge is 0.421 e. The van der Waals surface area contributed by atoms with Crippen molar-refractivity contribution in [2.75, 3.05) is 59.3 Å². The van der Waals surface area contributed by atoms with E-state index in [0.717, 1.165) is 50.7 Å². The maximum atomic E-state index is 12.4. The molecule has 5 amide bonds. The van der Waals surface area contributed by atoms with Crippen LogP contribution in [0.25, 0.3) is 0 Å². The van der Waals surface area contributed by atoms with Gasteiger partial charge in [-0.2, -0.15) is 13.1 Å². The Morgan fingerprint density at radius 3 is 1.92 bits per heavy atom. The fourth-order valence-corrected chi connectivity index (χ4v) is 8.78. The summed E-state index contributed by atoms with van der Waals surface area (Å²) >= 11 is 0.767. The first kappa shape index (κ1) is 57.8. The largest absolute Gasteiger partial charge is 0.449 e. The van der Waals surface area contributed by atoms with Crippen LogP contribution in [0, 0.1) is 29.6 Å². The Kier molecular flexibility index (Phi) is 25.2. The lowest BCUT2D eigenvalue weighted by Crippen LogP contribution is -2.52. The quantitative estimate of drug-likeness (QED) is 0.0333. The van der Waals surface area contributed by atoms with Gasteiger partial charge >= 0.3 is 34.6 Å². The number of primary amides is 1. The third-order valence-electron chi connectivity index (χ3n) is 11.6. The molecule has 66 heavy (non-hydrogen) atoms. The lowest BCUT2D eigenvalue weighted by atomic mass is 9.92. The molecule has 5 atom stereocenters. The number of ether oxygens (including phenoxy) is 5. The number of fused-ring (bicyclic) bond motifs is 1. The molecule has 1 saturated carbocycles. The highest BCUT2D eigenvalue weighted by molar-refractivity contribution is 7.95. The molecule has 1 aliphatic heterocycles. The van der Waals surface area contributed by atoms with Crippen LogP contribution in [0.4, 0.5) is 19.2 Å². The van der Waals surface area contributed by atoms with Gasteiger partial charge in [-0.15, -0.1) is 5.53 Å². The van der Waals surface area contributed by atoms with Crippen LogP contribution < -0.4 is 41.5 Å². The number of nitrogens with two attached hydrogens (primary N) is 1. The maximum Gasteiger partial charge on any atom is 0.421 e. The predicted molar refractivity (Wildman–Crippen MR) is 246 cm³/mol. The summed E-state index contributed by atoms with van der Waals surface area (Å²) in [4.78, 5) is 72.8. The van der Waals surface area contributed by atoms with Crippen LogP contribution >= 0.6 is 12.1 Å². The van der Waals surface area contributed by atoms with Crippen molar-refractivity contribution in [1.29, 1.82) is 0 Å². The van der Waals surface area contributed by atoms with E-state index in [4.69, 9.17) is 29.4 Å². The van der Waals surface area contributed by atoms with Gasteiger partial charge in [0, 0.05) is 37.5 Å². The molecule has 25 heteroatoms. The number of ketones is 1.